The van der Waals surface area contributed by atoms with E-state index in [1.807, 2.05) is 28.8 Å². The first-order chi connectivity index (χ1) is 20.0. The second-order valence-electron chi connectivity index (χ2n) is 11.0. The highest BCUT2D eigenvalue weighted by atomic mass is 16.6. The number of carbonyl (C=O) groups is 2. The lowest BCUT2D eigenvalue weighted by atomic mass is 10.0. The number of esters is 1. The number of carbonyl (C=O) groups excluding carboxylic acids is 2. The van der Waals surface area contributed by atoms with Crippen molar-refractivity contribution in [1.29, 1.82) is 5.41 Å². The summed E-state index contributed by atoms with van der Waals surface area (Å²) in [5.74, 6) is -0.0528. The summed E-state index contributed by atoms with van der Waals surface area (Å²) in [7, 11) is 1.31. The highest BCUT2D eigenvalue weighted by Crippen LogP contribution is 2.18. The van der Waals surface area contributed by atoms with Crippen LogP contribution in [-0.4, -0.2) is 34.6 Å². The van der Waals surface area contributed by atoms with Crippen molar-refractivity contribution >= 4 is 22.8 Å². The molecule has 7 heteroatoms. The Morgan fingerprint density at radius 2 is 1.22 bits per heavy atom. The Bertz CT molecular complexity index is 1260. The van der Waals surface area contributed by atoms with Crippen LogP contribution in [0.3, 0.4) is 0 Å². The van der Waals surface area contributed by atoms with Crippen molar-refractivity contribution in [3.05, 3.63) is 59.7 Å². The predicted molar refractivity (Wildman–Crippen MR) is 164 cm³/mol. The summed E-state index contributed by atoms with van der Waals surface area (Å²) in [6.45, 7) is 2.96. The first-order valence-corrected chi connectivity index (χ1v) is 15.6. The second-order valence-corrected chi connectivity index (χ2v) is 11.0. The molecule has 0 aliphatic rings. The number of Topliss-reactive ketones (excluding diaryl/α,β-unsaturated/α-hetero) is 1. The van der Waals surface area contributed by atoms with E-state index in [-0.39, 0.29) is 18.9 Å². The minimum Gasteiger partial charge on any atom is -0.482 e. The SMILES string of the molecule is CCCCCCCCCCCCCCCCn1c(=N)n(CC(=O)c2ccc(OCC(=O)OC)cc2)c2ccccc21. The van der Waals surface area contributed by atoms with E-state index in [0.717, 1.165) is 30.4 Å². The van der Waals surface area contributed by atoms with Crippen LogP contribution in [0.1, 0.15) is 107 Å². The van der Waals surface area contributed by atoms with Gasteiger partial charge in [-0.05, 0) is 42.8 Å². The molecule has 3 rings (SSSR count). The number of rotatable bonds is 21. The number of imidazole rings is 1. The fourth-order valence-electron chi connectivity index (χ4n) is 5.32. The van der Waals surface area contributed by atoms with Crippen LogP contribution in [0.2, 0.25) is 0 Å². The highest BCUT2D eigenvalue weighted by molar-refractivity contribution is 5.96. The van der Waals surface area contributed by atoms with Crippen molar-refractivity contribution < 1.29 is 19.1 Å². The summed E-state index contributed by atoms with van der Waals surface area (Å²) in [5.41, 5.74) is 2.78. The number of aromatic nitrogens is 2. The molecule has 0 saturated carbocycles. The number of ketones is 1. The van der Waals surface area contributed by atoms with Gasteiger partial charge in [0, 0.05) is 12.1 Å². The average Bonchev–Trinajstić information content (AvgIpc) is 3.26. The van der Waals surface area contributed by atoms with Gasteiger partial charge in [0.2, 0.25) is 5.62 Å². The Morgan fingerprint density at radius 3 is 1.76 bits per heavy atom. The molecule has 0 bridgehead atoms. The number of methoxy groups -OCH3 is 1. The minimum absolute atomic E-state index is 0.0811. The van der Waals surface area contributed by atoms with Crippen LogP contribution in [0.4, 0.5) is 0 Å². The van der Waals surface area contributed by atoms with Crippen LogP contribution in [0, 0.1) is 5.41 Å². The van der Waals surface area contributed by atoms with Crippen LogP contribution in [0.15, 0.2) is 48.5 Å². The van der Waals surface area contributed by atoms with E-state index in [9.17, 15) is 9.59 Å². The van der Waals surface area contributed by atoms with Crippen LogP contribution >= 0.6 is 0 Å². The van der Waals surface area contributed by atoms with E-state index in [1.165, 1.54) is 84.2 Å². The van der Waals surface area contributed by atoms with Crippen molar-refractivity contribution in [2.45, 2.75) is 110 Å². The highest BCUT2D eigenvalue weighted by Gasteiger charge is 2.15. The lowest BCUT2D eigenvalue weighted by Crippen LogP contribution is -2.27. The van der Waals surface area contributed by atoms with Gasteiger partial charge in [-0.25, -0.2) is 4.79 Å². The quantitative estimate of drug-likeness (QED) is 0.0813. The molecule has 1 N–H and O–H groups in total. The normalized spacial score (nSPS) is 11.2. The first kappa shape index (κ1) is 32.2. The maximum atomic E-state index is 13.1. The van der Waals surface area contributed by atoms with Gasteiger partial charge in [-0.15, -0.1) is 0 Å². The fraction of sp³-hybridized carbons (Fsp3) is 0.559. The third kappa shape index (κ3) is 10.5. The molecular weight excluding hydrogens is 514 g/mol. The van der Waals surface area contributed by atoms with E-state index >= 15 is 0 Å². The van der Waals surface area contributed by atoms with Gasteiger partial charge in [-0.2, -0.15) is 0 Å². The Kier molecular flexibility index (Phi) is 14.2. The van der Waals surface area contributed by atoms with E-state index in [0.29, 0.717) is 16.9 Å². The average molecular weight is 564 g/mol. The molecule has 0 amide bonds. The molecule has 41 heavy (non-hydrogen) atoms. The number of hydrogen-bond acceptors (Lipinski definition) is 5. The summed E-state index contributed by atoms with van der Waals surface area (Å²) in [5, 5.41) is 8.86. The number of nitrogens with one attached hydrogen (secondary N) is 1. The number of para-hydroxylation sites is 2. The van der Waals surface area contributed by atoms with Crippen LogP contribution in [-0.2, 0) is 22.6 Å². The number of unbranched alkanes of at least 4 members (excludes halogenated alkanes) is 13. The van der Waals surface area contributed by atoms with Crippen molar-refractivity contribution in [2.75, 3.05) is 13.7 Å². The number of benzene rings is 2. The molecule has 0 spiro atoms. The van der Waals surface area contributed by atoms with E-state index in [4.69, 9.17) is 10.1 Å². The van der Waals surface area contributed by atoms with E-state index in [1.54, 1.807) is 28.8 Å². The fourth-order valence-corrected chi connectivity index (χ4v) is 5.32. The van der Waals surface area contributed by atoms with Crippen molar-refractivity contribution in [2.24, 2.45) is 0 Å². The summed E-state index contributed by atoms with van der Waals surface area (Å²) >= 11 is 0. The summed E-state index contributed by atoms with van der Waals surface area (Å²) in [6.07, 6.45) is 18.5. The second kappa shape index (κ2) is 18.2. The van der Waals surface area contributed by atoms with Gasteiger partial charge in [0.15, 0.2) is 12.4 Å². The standard InChI is InChI=1S/C34H49N3O4/c1-3-4-5-6-7-8-9-10-11-12-13-14-15-18-25-36-30-19-16-17-20-31(30)37(34(36)35)26-32(38)28-21-23-29(24-22-28)41-27-33(39)40-2/h16-17,19-24,35H,3-15,18,25-27H2,1-2H3. The summed E-state index contributed by atoms with van der Waals surface area (Å²) in [6, 6.07) is 14.7. The van der Waals surface area contributed by atoms with E-state index in [2.05, 4.69) is 11.7 Å². The van der Waals surface area contributed by atoms with Gasteiger partial charge in [0.1, 0.15) is 5.75 Å². The molecule has 0 unspecified atom stereocenters. The van der Waals surface area contributed by atoms with Gasteiger partial charge in [-0.3, -0.25) is 10.2 Å². The zero-order valence-electron chi connectivity index (χ0n) is 25.2. The number of ether oxygens (including phenoxy) is 2. The molecular formula is C34H49N3O4. The minimum atomic E-state index is -0.463. The Hall–Kier alpha value is -3.35. The Labute approximate surface area is 245 Å². The topological polar surface area (TPSA) is 86.3 Å². The number of nitrogens with zero attached hydrogens (tertiary/aromatic N) is 2. The number of aryl methyl sites for hydroxylation is 1. The molecule has 2 aromatic carbocycles. The first-order valence-electron chi connectivity index (χ1n) is 15.6. The molecule has 0 fully saturated rings. The van der Waals surface area contributed by atoms with Crippen molar-refractivity contribution in [3.8, 4) is 5.75 Å². The summed E-state index contributed by atoms with van der Waals surface area (Å²) < 4.78 is 13.8. The number of fused-ring (bicyclic) bond motifs is 1. The van der Waals surface area contributed by atoms with Crippen molar-refractivity contribution in [3.63, 3.8) is 0 Å². The third-order valence-corrected chi connectivity index (χ3v) is 7.77. The number of hydrogen-bond donors (Lipinski definition) is 1. The largest absolute Gasteiger partial charge is 0.482 e. The van der Waals surface area contributed by atoms with Crippen LogP contribution in [0.25, 0.3) is 11.0 Å². The Balaban J connectivity index is 1.44. The molecule has 0 aliphatic carbocycles. The molecule has 0 saturated heterocycles. The van der Waals surface area contributed by atoms with Crippen LogP contribution in [0.5, 0.6) is 5.75 Å². The van der Waals surface area contributed by atoms with Gasteiger partial charge in [-0.1, -0.05) is 103 Å². The van der Waals surface area contributed by atoms with Gasteiger partial charge >= 0.3 is 5.97 Å². The maximum absolute atomic E-state index is 13.1. The molecule has 0 aliphatic heterocycles. The van der Waals surface area contributed by atoms with Gasteiger partial charge in [0.25, 0.3) is 0 Å². The van der Waals surface area contributed by atoms with Gasteiger partial charge < -0.3 is 18.6 Å². The van der Waals surface area contributed by atoms with E-state index < -0.39 is 5.97 Å². The molecule has 1 heterocycles. The maximum Gasteiger partial charge on any atom is 0.343 e. The van der Waals surface area contributed by atoms with Crippen molar-refractivity contribution in [1.82, 2.24) is 9.13 Å². The smallest absolute Gasteiger partial charge is 0.343 e. The Morgan fingerprint density at radius 1 is 0.707 bits per heavy atom. The molecule has 0 radical (unpaired) electrons. The zero-order valence-corrected chi connectivity index (χ0v) is 25.2. The van der Waals surface area contributed by atoms with Gasteiger partial charge in [0.05, 0.1) is 24.7 Å². The molecule has 1 aromatic heterocycles. The lowest BCUT2D eigenvalue weighted by Gasteiger charge is -2.07. The lowest BCUT2D eigenvalue weighted by molar-refractivity contribution is -0.142. The molecule has 224 valence electrons. The summed E-state index contributed by atoms with van der Waals surface area (Å²) in [4.78, 5) is 24.4. The molecule has 7 nitrogen and oxygen atoms in total. The zero-order chi connectivity index (χ0) is 29.3. The molecule has 3 aromatic rings. The van der Waals surface area contributed by atoms with Crippen LogP contribution < -0.4 is 10.4 Å². The predicted octanol–water partition coefficient (Wildman–Crippen LogP) is 7.84. The third-order valence-electron chi connectivity index (χ3n) is 7.77. The molecule has 0 atom stereocenters. The monoisotopic (exact) mass is 563 g/mol.